The predicted molar refractivity (Wildman–Crippen MR) is 82.6 cm³/mol. The van der Waals surface area contributed by atoms with Gasteiger partial charge in [0.25, 0.3) is 0 Å². The normalized spacial score (nSPS) is 30.6. The SMILES string of the molecule is CC1CN(Cc2ccsc2)C(C2CCCCC2)CN1. The van der Waals surface area contributed by atoms with Crippen molar-refractivity contribution >= 4 is 11.3 Å². The van der Waals surface area contributed by atoms with Crippen molar-refractivity contribution in [3.05, 3.63) is 22.4 Å². The van der Waals surface area contributed by atoms with Gasteiger partial charge in [0.05, 0.1) is 0 Å². The number of piperazine rings is 1. The molecule has 2 atom stereocenters. The van der Waals surface area contributed by atoms with E-state index in [1.165, 1.54) is 50.8 Å². The topological polar surface area (TPSA) is 15.3 Å². The fourth-order valence-corrected chi connectivity index (χ4v) is 4.45. The Hall–Kier alpha value is -0.380. The standard InChI is InChI=1S/C16H26N2S/c1-13-10-18(11-14-7-8-19-12-14)16(9-17-13)15-5-3-2-4-6-15/h7-8,12-13,15-17H,2-6,9-11H2,1H3. The van der Waals surface area contributed by atoms with Crippen LogP contribution in [0, 0.1) is 5.92 Å². The highest BCUT2D eigenvalue weighted by Crippen LogP contribution is 2.31. The Labute approximate surface area is 121 Å². The summed E-state index contributed by atoms with van der Waals surface area (Å²) in [6.07, 6.45) is 7.24. The lowest BCUT2D eigenvalue weighted by Gasteiger charge is -2.44. The maximum Gasteiger partial charge on any atom is 0.0253 e. The summed E-state index contributed by atoms with van der Waals surface area (Å²) in [5, 5.41) is 8.21. The Morgan fingerprint density at radius 1 is 1.32 bits per heavy atom. The molecule has 1 saturated heterocycles. The largest absolute Gasteiger partial charge is 0.311 e. The number of hydrogen-bond donors (Lipinski definition) is 1. The zero-order valence-corrected chi connectivity index (χ0v) is 12.8. The lowest BCUT2D eigenvalue weighted by Crippen LogP contribution is -2.57. The van der Waals surface area contributed by atoms with E-state index in [0.29, 0.717) is 6.04 Å². The summed E-state index contributed by atoms with van der Waals surface area (Å²) in [5.74, 6) is 0.924. The van der Waals surface area contributed by atoms with Crippen molar-refractivity contribution in [2.75, 3.05) is 13.1 Å². The Morgan fingerprint density at radius 3 is 2.89 bits per heavy atom. The van der Waals surface area contributed by atoms with Gasteiger partial charge in [0.1, 0.15) is 0 Å². The third-order valence-corrected chi connectivity index (χ3v) is 5.54. The molecule has 0 bridgehead atoms. The number of thiophene rings is 1. The second kappa shape index (κ2) is 6.38. The predicted octanol–water partition coefficient (Wildman–Crippen LogP) is 3.49. The molecular formula is C16H26N2S. The Kier molecular flexibility index (Phi) is 4.57. The van der Waals surface area contributed by atoms with Crippen molar-refractivity contribution in [1.82, 2.24) is 10.2 Å². The van der Waals surface area contributed by atoms with E-state index in [1.54, 1.807) is 0 Å². The van der Waals surface area contributed by atoms with Crippen LogP contribution in [-0.4, -0.2) is 30.1 Å². The first kappa shape index (κ1) is 13.6. The molecule has 1 aromatic rings. The number of rotatable bonds is 3. The third kappa shape index (κ3) is 3.39. The summed E-state index contributed by atoms with van der Waals surface area (Å²) >= 11 is 1.82. The molecule has 1 aliphatic carbocycles. The molecule has 3 heteroatoms. The van der Waals surface area contributed by atoms with E-state index >= 15 is 0 Å². The van der Waals surface area contributed by atoms with Crippen molar-refractivity contribution in [3.8, 4) is 0 Å². The molecule has 1 saturated carbocycles. The van der Waals surface area contributed by atoms with Crippen molar-refractivity contribution in [2.24, 2.45) is 5.92 Å². The van der Waals surface area contributed by atoms with Crippen LogP contribution in [0.15, 0.2) is 16.8 Å². The van der Waals surface area contributed by atoms with Gasteiger partial charge in [-0.2, -0.15) is 11.3 Å². The second-order valence-corrected chi connectivity index (χ2v) is 7.12. The minimum absolute atomic E-state index is 0.637. The molecule has 1 aromatic heterocycles. The molecule has 0 spiro atoms. The van der Waals surface area contributed by atoms with Gasteiger partial charge < -0.3 is 5.32 Å². The first-order valence-corrected chi connectivity index (χ1v) is 8.76. The van der Waals surface area contributed by atoms with Gasteiger partial charge in [-0.25, -0.2) is 0 Å². The smallest absolute Gasteiger partial charge is 0.0253 e. The lowest BCUT2D eigenvalue weighted by atomic mass is 9.82. The molecule has 19 heavy (non-hydrogen) atoms. The minimum atomic E-state index is 0.637. The van der Waals surface area contributed by atoms with Crippen LogP contribution >= 0.6 is 11.3 Å². The van der Waals surface area contributed by atoms with Crippen molar-refractivity contribution in [2.45, 2.75) is 57.7 Å². The van der Waals surface area contributed by atoms with Crippen LogP contribution in [-0.2, 0) is 6.54 Å². The van der Waals surface area contributed by atoms with Gasteiger partial charge in [0.15, 0.2) is 0 Å². The van der Waals surface area contributed by atoms with Crippen molar-refractivity contribution < 1.29 is 0 Å². The molecule has 0 amide bonds. The van der Waals surface area contributed by atoms with Crippen LogP contribution in [0.2, 0.25) is 0 Å². The second-order valence-electron chi connectivity index (χ2n) is 6.34. The van der Waals surface area contributed by atoms with Gasteiger partial charge in [-0.1, -0.05) is 19.3 Å². The molecular weight excluding hydrogens is 252 g/mol. The lowest BCUT2D eigenvalue weighted by molar-refractivity contribution is 0.0690. The first-order valence-electron chi connectivity index (χ1n) is 7.81. The maximum absolute atomic E-state index is 3.70. The molecule has 2 fully saturated rings. The van der Waals surface area contributed by atoms with Crippen LogP contribution in [0.4, 0.5) is 0 Å². The fraction of sp³-hybridized carbons (Fsp3) is 0.750. The highest BCUT2D eigenvalue weighted by atomic mass is 32.1. The summed E-state index contributed by atoms with van der Waals surface area (Å²) in [7, 11) is 0. The first-order chi connectivity index (χ1) is 9.33. The zero-order chi connectivity index (χ0) is 13.1. The Bertz CT molecular complexity index is 370. The number of nitrogens with one attached hydrogen (secondary N) is 1. The van der Waals surface area contributed by atoms with Crippen LogP contribution < -0.4 is 5.32 Å². The molecule has 0 radical (unpaired) electrons. The van der Waals surface area contributed by atoms with Gasteiger partial charge in [-0.05, 0) is 48.1 Å². The number of nitrogens with zero attached hydrogens (tertiary/aromatic N) is 1. The molecule has 3 rings (SSSR count). The van der Waals surface area contributed by atoms with Crippen LogP contribution in [0.25, 0.3) is 0 Å². The minimum Gasteiger partial charge on any atom is -0.311 e. The summed E-state index contributed by atoms with van der Waals surface area (Å²) < 4.78 is 0. The molecule has 106 valence electrons. The molecule has 0 aromatic carbocycles. The fourth-order valence-electron chi connectivity index (χ4n) is 3.79. The summed E-state index contributed by atoms with van der Waals surface area (Å²) in [6.45, 7) is 5.86. The van der Waals surface area contributed by atoms with Gasteiger partial charge in [0, 0.05) is 31.7 Å². The zero-order valence-electron chi connectivity index (χ0n) is 12.0. The van der Waals surface area contributed by atoms with E-state index in [1.807, 2.05) is 11.3 Å². The summed E-state index contributed by atoms with van der Waals surface area (Å²) in [6, 6.07) is 3.69. The van der Waals surface area contributed by atoms with Crippen LogP contribution in [0.5, 0.6) is 0 Å². The quantitative estimate of drug-likeness (QED) is 0.910. The molecule has 2 nitrogen and oxygen atoms in total. The van der Waals surface area contributed by atoms with Gasteiger partial charge in [0.2, 0.25) is 0 Å². The van der Waals surface area contributed by atoms with E-state index in [9.17, 15) is 0 Å². The van der Waals surface area contributed by atoms with E-state index in [2.05, 4.69) is 34.0 Å². The van der Waals surface area contributed by atoms with E-state index < -0.39 is 0 Å². The molecule has 1 aliphatic heterocycles. The number of hydrogen-bond acceptors (Lipinski definition) is 3. The monoisotopic (exact) mass is 278 g/mol. The highest BCUT2D eigenvalue weighted by Gasteiger charge is 2.32. The van der Waals surface area contributed by atoms with Crippen molar-refractivity contribution in [3.63, 3.8) is 0 Å². The maximum atomic E-state index is 3.70. The van der Waals surface area contributed by atoms with Gasteiger partial charge in [-0.15, -0.1) is 0 Å². The molecule has 2 aliphatic rings. The van der Waals surface area contributed by atoms with E-state index in [0.717, 1.165) is 18.5 Å². The highest BCUT2D eigenvalue weighted by molar-refractivity contribution is 7.07. The van der Waals surface area contributed by atoms with Gasteiger partial charge in [-0.3, -0.25) is 4.90 Å². The van der Waals surface area contributed by atoms with E-state index in [-0.39, 0.29) is 0 Å². The summed E-state index contributed by atoms with van der Waals surface area (Å²) in [4.78, 5) is 2.75. The molecule has 2 unspecified atom stereocenters. The Morgan fingerprint density at radius 2 is 2.16 bits per heavy atom. The molecule has 1 N–H and O–H groups in total. The average Bonchev–Trinajstić information content (AvgIpc) is 2.93. The Balaban J connectivity index is 1.68. The summed E-state index contributed by atoms with van der Waals surface area (Å²) in [5.41, 5.74) is 1.50. The van der Waals surface area contributed by atoms with Crippen LogP contribution in [0.3, 0.4) is 0 Å². The third-order valence-electron chi connectivity index (χ3n) is 4.81. The van der Waals surface area contributed by atoms with Crippen molar-refractivity contribution in [1.29, 1.82) is 0 Å². The molecule has 2 heterocycles. The van der Waals surface area contributed by atoms with Crippen LogP contribution in [0.1, 0.15) is 44.6 Å². The average molecular weight is 278 g/mol. The van der Waals surface area contributed by atoms with E-state index in [4.69, 9.17) is 0 Å². The van der Waals surface area contributed by atoms with Gasteiger partial charge >= 0.3 is 0 Å².